The average Bonchev–Trinajstić information content (AvgIpc) is 2.79. The van der Waals surface area contributed by atoms with E-state index >= 15 is 0 Å². The lowest BCUT2D eigenvalue weighted by molar-refractivity contribution is 0.294. The highest BCUT2D eigenvalue weighted by molar-refractivity contribution is 5.50. The fourth-order valence-corrected chi connectivity index (χ4v) is 3.17. The van der Waals surface area contributed by atoms with E-state index < -0.39 is 23.3 Å². The monoisotopic (exact) mass is 464 g/mol. The van der Waals surface area contributed by atoms with Gasteiger partial charge in [0, 0.05) is 11.1 Å². The van der Waals surface area contributed by atoms with Gasteiger partial charge in [0.15, 0.2) is 11.6 Å². The van der Waals surface area contributed by atoms with Crippen LogP contribution in [0.3, 0.4) is 0 Å². The lowest BCUT2D eigenvalue weighted by Crippen LogP contribution is -1.98. The van der Waals surface area contributed by atoms with Gasteiger partial charge in [-0.1, -0.05) is 50.4 Å². The Hall–Kier alpha value is -3.70. The van der Waals surface area contributed by atoms with Crippen molar-refractivity contribution in [3.63, 3.8) is 0 Å². The van der Waals surface area contributed by atoms with Crippen LogP contribution in [-0.2, 0) is 6.42 Å². The second kappa shape index (κ2) is 12.0. The van der Waals surface area contributed by atoms with Gasteiger partial charge in [-0.3, -0.25) is 0 Å². The molecular formula is C29H24F4O. The molecule has 0 N–H and O–H groups in total. The fraction of sp³-hybridized carbons (Fsp3) is 0.241. The van der Waals surface area contributed by atoms with Crippen molar-refractivity contribution >= 4 is 0 Å². The lowest BCUT2D eigenvalue weighted by atomic mass is 10.1. The Balaban J connectivity index is 1.76. The van der Waals surface area contributed by atoms with E-state index in [0.717, 1.165) is 25.3 Å². The topological polar surface area (TPSA) is 9.23 Å². The Labute approximate surface area is 197 Å². The molecule has 0 spiro atoms. The zero-order valence-electron chi connectivity index (χ0n) is 19.1. The fourth-order valence-electron chi connectivity index (χ4n) is 3.17. The van der Waals surface area contributed by atoms with Crippen LogP contribution in [0.25, 0.3) is 0 Å². The van der Waals surface area contributed by atoms with Crippen molar-refractivity contribution in [1.29, 1.82) is 0 Å². The molecule has 0 aliphatic heterocycles. The molecule has 3 aromatic rings. The van der Waals surface area contributed by atoms with E-state index in [0.29, 0.717) is 24.2 Å². The molecular weight excluding hydrogens is 440 g/mol. The molecule has 0 bridgehead atoms. The van der Waals surface area contributed by atoms with Crippen LogP contribution in [-0.4, -0.2) is 6.61 Å². The van der Waals surface area contributed by atoms with Crippen LogP contribution < -0.4 is 4.74 Å². The molecule has 0 fully saturated rings. The number of hydrogen-bond acceptors (Lipinski definition) is 1. The molecule has 0 unspecified atom stereocenters. The minimum atomic E-state index is -0.743. The van der Waals surface area contributed by atoms with Gasteiger partial charge >= 0.3 is 0 Å². The maximum atomic E-state index is 14.5. The minimum absolute atomic E-state index is 0.0931. The Kier molecular flexibility index (Phi) is 8.77. The first-order valence-corrected chi connectivity index (χ1v) is 11.1. The van der Waals surface area contributed by atoms with Crippen LogP contribution in [0.4, 0.5) is 17.6 Å². The van der Waals surface area contributed by atoms with E-state index in [4.69, 9.17) is 4.74 Å². The van der Waals surface area contributed by atoms with Gasteiger partial charge in [-0.2, -0.15) is 0 Å². The largest absolute Gasteiger partial charge is 0.491 e. The van der Waals surface area contributed by atoms with Crippen LogP contribution in [0.1, 0.15) is 60.9 Å². The van der Waals surface area contributed by atoms with E-state index in [9.17, 15) is 17.6 Å². The molecule has 3 rings (SSSR count). The van der Waals surface area contributed by atoms with E-state index in [1.54, 1.807) is 6.07 Å². The maximum Gasteiger partial charge on any atom is 0.166 e. The molecule has 5 heteroatoms. The first-order valence-electron chi connectivity index (χ1n) is 11.1. The van der Waals surface area contributed by atoms with Gasteiger partial charge in [0.05, 0.1) is 17.7 Å². The summed E-state index contributed by atoms with van der Waals surface area (Å²) >= 11 is 0. The van der Waals surface area contributed by atoms with Crippen molar-refractivity contribution < 1.29 is 22.3 Å². The lowest BCUT2D eigenvalue weighted by Gasteiger charge is -2.06. The number of unbranched alkanes of at least 4 members (excludes halogenated alkanes) is 1. The molecule has 34 heavy (non-hydrogen) atoms. The zero-order chi connectivity index (χ0) is 24.5. The van der Waals surface area contributed by atoms with Gasteiger partial charge in [0.25, 0.3) is 0 Å². The molecule has 0 aliphatic carbocycles. The third-order valence-electron chi connectivity index (χ3n) is 4.97. The smallest absolute Gasteiger partial charge is 0.166 e. The Morgan fingerprint density at radius 3 is 1.94 bits per heavy atom. The first kappa shape index (κ1) is 24.9. The highest BCUT2D eigenvalue weighted by Gasteiger charge is 2.09. The molecule has 0 aromatic heterocycles. The van der Waals surface area contributed by atoms with E-state index in [1.165, 1.54) is 36.4 Å². The number of halogens is 4. The summed E-state index contributed by atoms with van der Waals surface area (Å²) in [4.78, 5) is 0. The second-order valence-corrected chi connectivity index (χ2v) is 7.73. The molecule has 0 saturated heterocycles. The SMILES string of the molecule is CCCCOc1ccc(C#Cc2ccc(C#Cc3c(F)cc(CCC)cc3F)cc2F)cc1F. The van der Waals surface area contributed by atoms with E-state index in [1.807, 2.05) is 13.8 Å². The maximum absolute atomic E-state index is 14.5. The Morgan fingerprint density at radius 1 is 0.676 bits per heavy atom. The number of aryl methyl sites for hydroxylation is 1. The van der Waals surface area contributed by atoms with Crippen molar-refractivity contribution in [3.8, 4) is 29.4 Å². The van der Waals surface area contributed by atoms with E-state index in [-0.39, 0.29) is 22.4 Å². The number of rotatable bonds is 6. The van der Waals surface area contributed by atoms with Gasteiger partial charge in [-0.05, 0) is 66.9 Å². The van der Waals surface area contributed by atoms with Crippen LogP contribution in [0.5, 0.6) is 5.75 Å². The molecule has 0 amide bonds. The molecule has 174 valence electrons. The summed E-state index contributed by atoms with van der Waals surface area (Å²) in [7, 11) is 0. The highest BCUT2D eigenvalue weighted by atomic mass is 19.1. The number of benzene rings is 3. The molecule has 0 radical (unpaired) electrons. The Morgan fingerprint density at radius 2 is 1.32 bits per heavy atom. The standard InChI is InChI=1S/C29H24F4O/c1-3-5-15-34-29-14-10-21(17-28(29)33)8-12-23-11-7-20(16-25(23)30)9-13-24-26(31)18-22(6-4-2)19-27(24)32/h7,10-11,14,16-19H,3-6,15H2,1-2H3. The summed E-state index contributed by atoms with van der Waals surface area (Å²) in [5.74, 6) is 7.92. The second-order valence-electron chi connectivity index (χ2n) is 7.73. The summed E-state index contributed by atoms with van der Waals surface area (Å²) in [5.41, 5.74) is 0.930. The predicted molar refractivity (Wildman–Crippen MR) is 126 cm³/mol. The minimum Gasteiger partial charge on any atom is -0.491 e. The average molecular weight is 465 g/mol. The first-order chi connectivity index (χ1) is 16.4. The van der Waals surface area contributed by atoms with Crippen molar-refractivity contribution in [1.82, 2.24) is 0 Å². The van der Waals surface area contributed by atoms with Gasteiger partial charge in [0.2, 0.25) is 0 Å². The summed E-state index contributed by atoms with van der Waals surface area (Å²) in [5, 5.41) is 0. The van der Waals surface area contributed by atoms with E-state index in [2.05, 4.69) is 23.7 Å². The quantitative estimate of drug-likeness (QED) is 0.213. The highest BCUT2D eigenvalue weighted by Crippen LogP contribution is 2.19. The molecule has 0 heterocycles. The van der Waals surface area contributed by atoms with Crippen LogP contribution >= 0.6 is 0 Å². The normalized spacial score (nSPS) is 10.2. The van der Waals surface area contributed by atoms with Gasteiger partial charge in [-0.25, -0.2) is 17.6 Å². The van der Waals surface area contributed by atoms with Crippen molar-refractivity contribution in [2.24, 2.45) is 0 Å². The summed E-state index contributed by atoms with van der Waals surface area (Å²) in [6.45, 7) is 4.37. The van der Waals surface area contributed by atoms with Crippen molar-refractivity contribution in [2.45, 2.75) is 39.5 Å². The molecule has 0 saturated carbocycles. The van der Waals surface area contributed by atoms with Crippen molar-refractivity contribution in [3.05, 3.63) is 99.6 Å². The molecule has 0 atom stereocenters. The number of ether oxygens (including phenoxy) is 1. The predicted octanol–water partition coefficient (Wildman–Crippen LogP) is 7.17. The summed E-state index contributed by atoms with van der Waals surface area (Å²) in [6.07, 6.45) is 3.11. The third-order valence-corrected chi connectivity index (χ3v) is 4.97. The molecule has 1 nitrogen and oxygen atoms in total. The van der Waals surface area contributed by atoms with Gasteiger partial charge < -0.3 is 4.74 Å². The number of hydrogen-bond donors (Lipinski definition) is 0. The molecule has 0 aliphatic rings. The Bertz CT molecular complexity index is 1270. The van der Waals surface area contributed by atoms with Crippen LogP contribution in [0, 0.1) is 47.0 Å². The third kappa shape index (κ3) is 6.65. The van der Waals surface area contributed by atoms with Crippen LogP contribution in [0.2, 0.25) is 0 Å². The van der Waals surface area contributed by atoms with Crippen LogP contribution in [0.15, 0.2) is 48.5 Å². The zero-order valence-corrected chi connectivity index (χ0v) is 19.1. The summed E-state index contributed by atoms with van der Waals surface area (Å²) in [6, 6.07) is 10.9. The molecule has 3 aromatic carbocycles. The van der Waals surface area contributed by atoms with Crippen molar-refractivity contribution in [2.75, 3.05) is 6.61 Å². The summed E-state index contributed by atoms with van der Waals surface area (Å²) < 4.78 is 62.4. The van der Waals surface area contributed by atoms with Gasteiger partial charge in [0.1, 0.15) is 17.5 Å². The van der Waals surface area contributed by atoms with Gasteiger partial charge in [-0.15, -0.1) is 0 Å².